The molecule has 0 aliphatic carbocycles. The highest BCUT2D eigenvalue weighted by Gasteiger charge is 2.25. The number of rotatable bonds is 16. The zero-order valence-corrected chi connectivity index (χ0v) is 21.8. The number of nitrogens with two attached hydrogens (primary N) is 3. The van der Waals surface area contributed by atoms with Crippen LogP contribution in [0.5, 0.6) is 5.75 Å². The van der Waals surface area contributed by atoms with E-state index in [0.29, 0.717) is 25.9 Å². The number of carbonyl (C=O) groups is 3. The Balaban J connectivity index is 1.76. The van der Waals surface area contributed by atoms with Gasteiger partial charge in [-0.05, 0) is 44.7 Å². The van der Waals surface area contributed by atoms with Gasteiger partial charge in [-0.25, -0.2) is 4.79 Å². The van der Waals surface area contributed by atoms with Gasteiger partial charge in [-0.3, -0.25) is 19.6 Å². The van der Waals surface area contributed by atoms with Gasteiger partial charge in [0.05, 0.1) is 30.8 Å². The van der Waals surface area contributed by atoms with E-state index in [0.717, 1.165) is 28.8 Å². The number of hydrogen-bond acceptors (Lipinski definition) is 8. The Kier molecular flexibility index (Phi) is 12.0. The molecule has 0 spiro atoms. The number of benzene rings is 1. The number of pyridine rings is 1. The summed E-state index contributed by atoms with van der Waals surface area (Å²) in [4.78, 5) is 44.3. The number of nitrogens with one attached hydrogen (secondary N) is 3. The standard InChI is InChI=1S/C25H38N8O5/c1-15(32-19-13-17(38-2)12-16-7-4-10-30-22(16)19)6-3-9-29-21(34)14-20(24(36)37)33-23(35)18(26)8-5-11-31-25(27)28/h4,7,10,12-13,15,18,20,32H,3,5-6,8-9,11,14,26H2,1-2H3,(H,29,34)(H,33,35)(H,36,37)(H4,27,28,31)/t15?,18-,20+/m0/s1. The summed E-state index contributed by atoms with van der Waals surface area (Å²) in [6.45, 7) is 2.68. The highest BCUT2D eigenvalue weighted by atomic mass is 16.5. The molecule has 10 N–H and O–H groups in total. The number of hydrogen-bond donors (Lipinski definition) is 7. The monoisotopic (exact) mass is 530 g/mol. The van der Waals surface area contributed by atoms with Crippen LogP contribution in [0, 0.1) is 0 Å². The molecule has 13 heteroatoms. The zero-order chi connectivity index (χ0) is 28.1. The van der Waals surface area contributed by atoms with Gasteiger partial charge >= 0.3 is 5.97 Å². The third-order valence-corrected chi connectivity index (χ3v) is 5.76. The Hall–Kier alpha value is -4.13. The van der Waals surface area contributed by atoms with Crippen LogP contribution in [0.4, 0.5) is 5.69 Å². The van der Waals surface area contributed by atoms with Crippen molar-refractivity contribution in [1.29, 1.82) is 0 Å². The molecule has 38 heavy (non-hydrogen) atoms. The Morgan fingerprint density at radius 2 is 1.95 bits per heavy atom. The van der Waals surface area contributed by atoms with Crippen molar-refractivity contribution in [3.05, 3.63) is 30.5 Å². The molecule has 0 aliphatic rings. The highest BCUT2D eigenvalue weighted by molar-refractivity contribution is 5.92. The van der Waals surface area contributed by atoms with E-state index >= 15 is 0 Å². The van der Waals surface area contributed by atoms with Crippen LogP contribution < -0.4 is 37.9 Å². The first-order valence-corrected chi connectivity index (χ1v) is 12.4. The second-order valence-corrected chi connectivity index (χ2v) is 8.95. The van der Waals surface area contributed by atoms with Crippen molar-refractivity contribution < 1.29 is 24.2 Å². The number of fused-ring (bicyclic) bond motifs is 1. The number of amides is 2. The summed E-state index contributed by atoms with van der Waals surface area (Å²) in [5.41, 5.74) is 18.0. The van der Waals surface area contributed by atoms with E-state index < -0.39 is 36.3 Å². The smallest absolute Gasteiger partial charge is 0.326 e. The summed E-state index contributed by atoms with van der Waals surface area (Å²) in [6.07, 6.45) is 3.42. The van der Waals surface area contributed by atoms with Crippen molar-refractivity contribution >= 4 is 40.3 Å². The van der Waals surface area contributed by atoms with E-state index in [4.69, 9.17) is 21.9 Å². The number of aliphatic imine (C=N–C) groups is 1. The molecule has 1 unspecified atom stereocenters. The summed E-state index contributed by atoms with van der Waals surface area (Å²) < 4.78 is 5.38. The van der Waals surface area contributed by atoms with Crippen LogP contribution in [-0.2, 0) is 14.4 Å². The summed E-state index contributed by atoms with van der Waals surface area (Å²) in [7, 11) is 1.61. The molecule has 2 aromatic rings. The molecule has 1 aromatic heterocycles. The largest absolute Gasteiger partial charge is 0.497 e. The van der Waals surface area contributed by atoms with Crippen LogP contribution in [0.3, 0.4) is 0 Å². The first kappa shape index (κ1) is 30.1. The maximum Gasteiger partial charge on any atom is 0.326 e. The minimum Gasteiger partial charge on any atom is -0.497 e. The van der Waals surface area contributed by atoms with Crippen LogP contribution in [-0.4, -0.2) is 72.2 Å². The van der Waals surface area contributed by atoms with E-state index in [1.165, 1.54) is 0 Å². The lowest BCUT2D eigenvalue weighted by molar-refractivity contribution is -0.143. The Morgan fingerprint density at radius 3 is 2.63 bits per heavy atom. The first-order chi connectivity index (χ1) is 18.1. The quantitative estimate of drug-likeness (QED) is 0.0892. The first-order valence-electron chi connectivity index (χ1n) is 12.4. The van der Waals surface area contributed by atoms with E-state index in [-0.39, 0.29) is 18.4 Å². The van der Waals surface area contributed by atoms with E-state index in [2.05, 4.69) is 25.9 Å². The number of anilines is 1. The Bertz CT molecular complexity index is 1120. The summed E-state index contributed by atoms with van der Waals surface area (Å²) in [6, 6.07) is 5.38. The minimum atomic E-state index is -1.39. The summed E-state index contributed by atoms with van der Waals surface area (Å²) >= 11 is 0. The van der Waals surface area contributed by atoms with Gasteiger partial charge in [0.2, 0.25) is 11.8 Å². The van der Waals surface area contributed by atoms with Gasteiger partial charge in [0.1, 0.15) is 11.8 Å². The SMILES string of the molecule is COc1cc(NC(C)CCCNC(=O)C[C@@H](NC(=O)[C@@H](N)CCCN=C(N)N)C(=O)O)c2ncccc2c1. The number of aliphatic carboxylic acids is 1. The van der Waals surface area contributed by atoms with E-state index in [9.17, 15) is 19.5 Å². The molecule has 3 atom stereocenters. The fraction of sp³-hybridized carbons (Fsp3) is 0.480. The van der Waals surface area contributed by atoms with Gasteiger partial charge in [-0.2, -0.15) is 0 Å². The van der Waals surface area contributed by atoms with Gasteiger partial charge in [0.25, 0.3) is 0 Å². The molecule has 0 saturated heterocycles. The van der Waals surface area contributed by atoms with Crippen molar-refractivity contribution in [2.75, 3.05) is 25.5 Å². The maximum atomic E-state index is 12.3. The number of carboxylic acids is 1. The zero-order valence-electron chi connectivity index (χ0n) is 21.8. The topological polar surface area (TPSA) is 220 Å². The van der Waals surface area contributed by atoms with Gasteiger partial charge in [0, 0.05) is 36.8 Å². The Labute approximate surface area is 221 Å². The molecule has 0 fully saturated rings. The van der Waals surface area contributed by atoms with E-state index in [1.807, 2.05) is 31.2 Å². The predicted molar refractivity (Wildman–Crippen MR) is 146 cm³/mol. The average molecular weight is 531 g/mol. The third-order valence-electron chi connectivity index (χ3n) is 5.76. The lowest BCUT2D eigenvalue weighted by Crippen LogP contribution is -2.50. The van der Waals surface area contributed by atoms with Crippen molar-refractivity contribution in [1.82, 2.24) is 15.6 Å². The molecule has 0 saturated carbocycles. The normalized spacial score (nSPS) is 13.1. The second kappa shape index (κ2) is 15.2. The number of guanidine groups is 1. The van der Waals surface area contributed by atoms with Crippen LogP contribution >= 0.6 is 0 Å². The van der Waals surface area contributed by atoms with Crippen molar-refractivity contribution in [2.45, 2.75) is 57.2 Å². The van der Waals surface area contributed by atoms with Crippen molar-refractivity contribution in [2.24, 2.45) is 22.2 Å². The molecular formula is C25H38N8O5. The van der Waals surface area contributed by atoms with Gasteiger partial charge in [-0.15, -0.1) is 0 Å². The molecule has 1 heterocycles. The second-order valence-electron chi connectivity index (χ2n) is 8.95. The fourth-order valence-electron chi connectivity index (χ4n) is 3.75. The maximum absolute atomic E-state index is 12.3. The number of methoxy groups -OCH3 is 1. The average Bonchev–Trinajstić information content (AvgIpc) is 2.88. The lowest BCUT2D eigenvalue weighted by atomic mass is 10.1. The third kappa shape index (κ3) is 10.1. The molecule has 0 bridgehead atoms. The molecule has 208 valence electrons. The Morgan fingerprint density at radius 1 is 1.18 bits per heavy atom. The predicted octanol–water partition coefficient (Wildman–Crippen LogP) is 0.281. The molecule has 2 amide bonds. The van der Waals surface area contributed by atoms with Crippen molar-refractivity contribution in [3.8, 4) is 5.75 Å². The number of ether oxygens (including phenoxy) is 1. The number of carboxylic acid groups (broad SMARTS) is 1. The number of nitrogens with zero attached hydrogens (tertiary/aromatic N) is 2. The van der Waals surface area contributed by atoms with Crippen LogP contribution in [0.15, 0.2) is 35.5 Å². The van der Waals surface area contributed by atoms with Crippen LogP contribution in [0.2, 0.25) is 0 Å². The molecule has 13 nitrogen and oxygen atoms in total. The summed E-state index contributed by atoms with van der Waals surface area (Å²) in [5.74, 6) is -1.80. The lowest BCUT2D eigenvalue weighted by Gasteiger charge is -2.18. The number of carbonyl (C=O) groups excluding carboxylic acids is 2. The fourth-order valence-corrected chi connectivity index (χ4v) is 3.75. The molecular weight excluding hydrogens is 492 g/mol. The highest BCUT2D eigenvalue weighted by Crippen LogP contribution is 2.28. The van der Waals surface area contributed by atoms with Crippen LogP contribution in [0.25, 0.3) is 10.9 Å². The molecule has 2 rings (SSSR count). The van der Waals surface area contributed by atoms with Gasteiger partial charge < -0.3 is 43.0 Å². The summed E-state index contributed by atoms with van der Waals surface area (Å²) in [5, 5.41) is 18.8. The van der Waals surface area contributed by atoms with E-state index in [1.54, 1.807) is 13.3 Å². The van der Waals surface area contributed by atoms with Crippen LogP contribution in [0.1, 0.15) is 39.0 Å². The molecule has 1 aromatic carbocycles. The van der Waals surface area contributed by atoms with Crippen molar-refractivity contribution in [3.63, 3.8) is 0 Å². The number of aromatic nitrogens is 1. The van der Waals surface area contributed by atoms with Gasteiger partial charge in [0.15, 0.2) is 5.96 Å². The van der Waals surface area contributed by atoms with Gasteiger partial charge in [-0.1, -0.05) is 6.07 Å². The molecule has 0 aliphatic heterocycles. The molecule has 0 radical (unpaired) electrons. The minimum absolute atomic E-state index is 0.0616.